The highest BCUT2D eigenvalue weighted by molar-refractivity contribution is 9.10. The summed E-state index contributed by atoms with van der Waals surface area (Å²) >= 11 is 8.48. The van der Waals surface area contributed by atoms with E-state index in [0.717, 1.165) is 0 Å². The molecule has 0 aliphatic carbocycles. The van der Waals surface area contributed by atoms with Gasteiger partial charge in [0.1, 0.15) is 17.1 Å². The number of benzene rings is 3. The molecular formula is C24H17BrN2O5S. The number of rotatable bonds is 5. The summed E-state index contributed by atoms with van der Waals surface area (Å²) in [7, 11) is 1.40. The third kappa shape index (κ3) is 4.74. The second-order valence-electron chi connectivity index (χ2n) is 6.92. The zero-order chi connectivity index (χ0) is 23.5. The van der Waals surface area contributed by atoms with Gasteiger partial charge in [-0.1, -0.05) is 18.2 Å². The molecule has 1 saturated heterocycles. The zero-order valence-corrected chi connectivity index (χ0v) is 19.6. The van der Waals surface area contributed by atoms with Crippen LogP contribution in [0.3, 0.4) is 0 Å². The van der Waals surface area contributed by atoms with E-state index >= 15 is 0 Å². The fourth-order valence-electron chi connectivity index (χ4n) is 3.18. The number of nitrogens with one attached hydrogen (secondary N) is 1. The molecule has 0 unspecified atom stereocenters. The maximum absolute atomic E-state index is 13.2. The van der Waals surface area contributed by atoms with E-state index < -0.39 is 11.8 Å². The van der Waals surface area contributed by atoms with Crippen LogP contribution < -0.4 is 19.7 Å². The third-order valence-electron chi connectivity index (χ3n) is 4.76. The normalized spacial score (nSPS) is 14.9. The van der Waals surface area contributed by atoms with Crippen molar-refractivity contribution in [2.45, 2.75) is 0 Å². The Balaban J connectivity index is 1.63. The first-order valence-corrected chi connectivity index (χ1v) is 10.9. The standard InChI is InChI=1S/C24H17BrN2O5S/c1-31-20-13-14(12-19(25)21(20)28)11-18-22(29)26-24(33)27(23(18)30)15-7-9-17(10-8-15)32-16-5-3-2-4-6-16/h2-13,28H,1H3,(H,26,29,33). The fraction of sp³-hybridized carbons (Fsp3) is 0.0417. The number of anilines is 1. The van der Waals surface area contributed by atoms with Gasteiger partial charge in [0.25, 0.3) is 11.8 Å². The molecule has 0 atom stereocenters. The van der Waals surface area contributed by atoms with Crippen molar-refractivity contribution in [2.24, 2.45) is 0 Å². The van der Waals surface area contributed by atoms with E-state index in [1.807, 2.05) is 30.3 Å². The number of nitrogens with zero attached hydrogens (tertiary/aromatic N) is 1. The minimum Gasteiger partial charge on any atom is -0.503 e. The number of carbonyl (C=O) groups is 2. The lowest BCUT2D eigenvalue weighted by Gasteiger charge is -2.29. The van der Waals surface area contributed by atoms with Gasteiger partial charge < -0.3 is 14.6 Å². The number of aromatic hydroxyl groups is 1. The van der Waals surface area contributed by atoms with Crippen LogP contribution in [-0.4, -0.2) is 29.1 Å². The number of thiocarbonyl (C=S) groups is 1. The highest BCUT2D eigenvalue weighted by atomic mass is 79.9. The van der Waals surface area contributed by atoms with E-state index in [9.17, 15) is 14.7 Å². The van der Waals surface area contributed by atoms with Gasteiger partial charge in [-0.25, -0.2) is 0 Å². The highest BCUT2D eigenvalue weighted by Gasteiger charge is 2.34. The Bertz CT molecular complexity index is 1280. The molecule has 2 amide bonds. The Hall–Kier alpha value is -3.69. The Morgan fingerprint density at radius 3 is 2.36 bits per heavy atom. The maximum Gasteiger partial charge on any atom is 0.270 e. The molecule has 166 valence electrons. The highest BCUT2D eigenvalue weighted by Crippen LogP contribution is 2.36. The van der Waals surface area contributed by atoms with E-state index in [1.54, 1.807) is 30.3 Å². The molecule has 33 heavy (non-hydrogen) atoms. The summed E-state index contributed by atoms with van der Waals surface area (Å²) < 4.78 is 11.3. The average Bonchev–Trinajstić information content (AvgIpc) is 2.80. The second-order valence-corrected chi connectivity index (χ2v) is 8.16. The number of phenols is 1. The van der Waals surface area contributed by atoms with Crippen LogP contribution in [0.15, 0.2) is 76.8 Å². The molecule has 0 radical (unpaired) electrons. The van der Waals surface area contributed by atoms with E-state index in [1.165, 1.54) is 24.2 Å². The lowest BCUT2D eigenvalue weighted by Crippen LogP contribution is -2.54. The van der Waals surface area contributed by atoms with Crippen LogP contribution in [-0.2, 0) is 9.59 Å². The van der Waals surface area contributed by atoms with Gasteiger partial charge in [-0.05, 0) is 88.3 Å². The van der Waals surface area contributed by atoms with Crippen LogP contribution in [0.4, 0.5) is 5.69 Å². The topological polar surface area (TPSA) is 88.1 Å². The molecule has 1 heterocycles. The molecule has 0 aromatic heterocycles. The summed E-state index contributed by atoms with van der Waals surface area (Å²) in [5, 5.41) is 12.5. The summed E-state index contributed by atoms with van der Waals surface area (Å²) in [6.45, 7) is 0. The molecule has 7 nitrogen and oxygen atoms in total. The molecule has 1 fully saturated rings. The van der Waals surface area contributed by atoms with Gasteiger partial charge in [-0.15, -0.1) is 0 Å². The Labute approximate surface area is 203 Å². The lowest BCUT2D eigenvalue weighted by molar-refractivity contribution is -0.122. The predicted octanol–water partition coefficient (Wildman–Crippen LogP) is 4.79. The van der Waals surface area contributed by atoms with E-state index in [0.29, 0.717) is 27.2 Å². The van der Waals surface area contributed by atoms with Gasteiger partial charge in [0, 0.05) is 0 Å². The van der Waals surface area contributed by atoms with E-state index in [-0.39, 0.29) is 22.2 Å². The summed E-state index contributed by atoms with van der Waals surface area (Å²) in [5.74, 6) is 0.182. The van der Waals surface area contributed by atoms with Crippen LogP contribution in [0.1, 0.15) is 5.56 Å². The van der Waals surface area contributed by atoms with Crippen molar-refractivity contribution < 1.29 is 24.2 Å². The van der Waals surface area contributed by atoms with Gasteiger partial charge in [0.2, 0.25) is 0 Å². The van der Waals surface area contributed by atoms with E-state index in [4.69, 9.17) is 21.7 Å². The molecule has 3 aromatic carbocycles. The number of amides is 2. The van der Waals surface area contributed by atoms with Crippen LogP contribution in [0.5, 0.6) is 23.0 Å². The number of hydrogen-bond donors (Lipinski definition) is 2. The van der Waals surface area contributed by atoms with Crippen molar-refractivity contribution in [1.29, 1.82) is 0 Å². The molecule has 2 N–H and O–H groups in total. The first-order valence-electron chi connectivity index (χ1n) is 9.68. The van der Waals surface area contributed by atoms with Gasteiger partial charge in [-0.2, -0.15) is 0 Å². The fourth-order valence-corrected chi connectivity index (χ4v) is 3.92. The largest absolute Gasteiger partial charge is 0.503 e. The van der Waals surface area contributed by atoms with Crippen molar-refractivity contribution in [3.63, 3.8) is 0 Å². The Morgan fingerprint density at radius 1 is 1.03 bits per heavy atom. The second kappa shape index (κ2) is 9.43. The molecule has 0 bridgehead atoms. The summed E-state index contributed by atoms with van der Waals surface area (Å²) in [6.07, 6.45) is 1.41. The van der Waals surface area contributed by atoms with E-state index in [2.05, 4.69) is 21.2 Å². The van der Waals surface area contributed by atoms with Crippen LogP contribution in [0.2, 0.25) is 0 Å². The molecule has 0 saturated carbocycles. The first-order chi connectivity index (χ1) is 15.9. The predicted molar refractivity (Wildman–Crippen MR) is 132 cm³/mol. The number of para-hydroxylation sites is 1. The van der Waals surface area contributed by atoms with Gasteiger partial charge >= 0.3 is 0 Å². The lowest BCUT2D eigenvalue weighted by atomic mass is 10.1. The minimum absolute atomic E-state index is 0.0247. The van der Waals surface area contributed by atoms with Crippen LogP contribution in [0.25, 0.3) is 6.08 Å². The number of hydrogen-bond acceptors (Lipinski definition) is 6. The average molecular weight is 525 g/mol. The number of halogens is 1. The van der Waals surface area contributed by atoms with Crippen molar-refractivity contribution in [3.8, 4) is 23.0 Å². The molecule has 9 heteroatoms. The number of ether oxygens (including phenoxy) is 2. The number of methoxy groups -OCH3 is 1. The summed E-state index contributed by atoms with van der Waals surface area (Å²) in [5.41, 5.74) is 0.836. The first kappa shape index (κ1) is 22.5. The maximum atomic E-state index is 13.2. The quantitative estimate of drug-likeness (QED) is 0.283. The number of carbonyl (C=O) groups excluding carboxylic acids is 2. The van der Waals surface area contributed by atoms with Crippen molar-refractivity contribution in [1.82, 2.24) is 5.32 Å². The molecule has 0 spiro atoms. The smallest absolute Gasteiger partial charge is 0.270 e. The van der Waals surface area contributed by atoms with Gasteiger partial charge in [-0.3, -0.25) is 19.8 Å². The SMILES string of the molecule is COc1cc(C=C2C(=O)NC(=S)N(c3ccc(Oc4ccccc4)cc3)C2=O)cc(Br)c1O. The minimum atomic E-state index is -0.617. The summed E-state index contributed by atoms with van der Waals surface area (Å²) in [4.78, 5) is 27.0. The van der Waals surface area contributed by atoms with Crippen molar-refractivity contribution >= 4 is 56.8 Å². The monoisotopic (exact) mass is 524 g/mol. The van der Waals surface area contributed by atoms with Gasteiger partial charge in [0.05, 0.1) is 17.3 Å². The molecule has 3 aromatic rings. The molecular weight excluding hydrogens is 508 g/mol. The third-order valence-corrected chi connectivity index (χ3v) is 5.65. The van der Waals surface area contributed by atoms with Crippen molar-refractivity contribution in [2.75, 3.05) is 12.0 Å². The Morgan fingerprint density at radius 2 is 1.70 bits per heavy atom. The zero-order valence-electron chi connectivity index (χ0n) is 17.2. The Kier molecular flexibility index (Phi) is 6.43. The van der Waals surface area contributed by atoms with Crippen molar-refractivity contribution in [3.05, 3.63) is 82.3 Å². The summed E-state index contributed by atoms with van der Waals surface area (Å²) in [6, 6.07) is 19.2. The van der Waals surface area contributed by atoms with Gasteiger partial charge in [0.15, 0.2) is 16.6 Å². The van der Waals surface area contributed by atoms with Crippen LogP contribution >= 0.6 is 28.1 Å². The molecule has 1 aliphatic rings. The van der Waals surface area contributed by atoms with Crippen LogP contribution in [0, 0.1) is 0 Å². The molecule has 4 rings (SSSR count). The number of phenolic OH excluding ortho intramolecular Hbond substituents is 1. The molecule has 1 aliphatic heterocycles.